The van der Waals surface area contributed by atoms with Gasteiger partial charge in [-0.25, -0.2) is 0 Å². The van der Waals surface area contributed by atoms with E-state index in [1.807, 2.05) is 24.5 Å². The summed E-state index contributed by atoms with van der Waals surface area (Å²) in [6, 6.07) is 67.7. The lowest BCUT2D eigenvalue weighted by molar-refractivity contribution is 0.871. The van der Waals surface area contributed by atoms with E-state index in [-0.39, 0.29) is 5.92 Å². The van der Waals surface area contributed by atoms with Gasteiger partial charge < -0.3 is 0 Å². The second-order valence-electron chi connectivity index (χ2n) is 14.5. The van der Waals surface area contributed by atoms with Crippen LogP contribution in [0.2, 0.25) is 0 Å². The third-order valence-corrected chi connectivity index (χ3v) is 11.1. The first-order valence-corrected chi connectivity index (χ1v) is 19.3. The molecule has 1 aliphatic carbocycles. The van der Waals surface area contributed by atoms with Crippen molar-refractivity contribution < 1.29 is 0 Å². The molecule has 1 unspecified atom stereocenters. The molecule has 7 aromatic carbocycles. The number of hydrogen-bond donors (Lipinski definition) is 0. The molecule has 2 heteroatoms. The summed E-state index contributed by atoms with van der Waals surface area (Å²) < 4.78 is 0. The molecule has 56 heavy (non-hydrogen) atoms. The zero-order valence-corrected chi connectivity index (χ0v) is 30.9. The van der Waals surface area contributed by atoms with Crippen LogP contribution in [0.4, 0.5) is 0 Å². The Morgan fingerprint density at radius 3 is 1.50 bits per heavy atom. The van der Waals surface area contributed by atoms with Gasteiger partial charge in [0.25, 0.3) is 0 Å². The Hall–Kier alpha value is -7.16. The predicted molar refractivity (Wildman–Crippen MR) is 235 cm³/mol. The van der Waals surface area contributed by atoms with Crippen LogP contribution in [0.5, 0.6) is 0 Å². The van der Waals surface area contributed by atoms with Gasteiger partial charge in [0.2, 0.25) is 0 Å². The van der Waals surface area contributed by atoms with Crippen LogP contribution in [0.25, 0.3) is 77.5 Å². The maximum Gasteiger partial charge on any atom is 0.0702 e. The second kappa shape index (κ2) is 14.6. The summed E-state index contributed by atoms with van der Waals surface area (Å²) >= 11 is 0. The Labute approximate surface area is 327 Å². The van der Waals surface area contributed by atoms with Crippen molar-refractivity contribution in [2.75, 3.05) is 0 Å². The first-order chi connectivity index (χ1) is 27.8. The fourth-order valence-corrected chi connectivity index (χ4v) is 8.47. The van der Waals surface area contributed by atoms with Crippen molar-refractivity contribution in [3.05, 3.63) is 229 Å². The van der Waals surface area contributed by atoms with E-state index in [1.165, 1.54) is 71.6 Å². The molecule has 0 saturated heterocycles. The van der Waals surface area contributed by atoms with Crippen molar-refractivity contribution in [3.63, 3.8) is 0 Å². The Morgan fingerprint density at radius 2 is 0.893 bits per heavy atom. The highest BCUT2D eigenvalue weighted by molar-refractivity contribution is 6.22. The molecule has 2 aromatic heterocycles. The maximum absolute atomic E-state index is 4.72. The SMILES string of the molecule is C1=C(c2ccccc2)C=C(c2ccc3c(-c4cccc(-c5ccccn5)c4)c4ccccc4c(-c4cccc(-c5ccccn5)c4)c3c2)CC1c1ccccc1. The first-order valence-electron chi connectivity index (χ1n) is 19.3. The van der Waals surface area contributed by atoms with Crippen LogP contribution in [-0.4, -0.2) is 9.97 Å². The number of aromatic nitrogens is 2. The van der Waals surface area contributed by atoms with Crippen molar-refractivity contribution in [1.29, 1.82) is 0 Å². The standard InChI is InChI=1S/C54H38N2/c1-3-15-37(16-4-1)44-33-45(38-17-5-2-6-18-38)35-46(34-44)39-27-28-49-50(36-39)54(43-22-14-20-41(32-43)52-26-10-12-30-56-52)48-24-8-7-23-47(48)53(49)42-21-13-19-40(31-42)51-25-9-11-29-55-51/h1-34,36,45H,35H2. The van der Waals surface area contributed by atoms with Crippen molar-refractivity contribution in [2.45, 2.75) is 12.3 Å². The van der Waals surface area contributed by atoms with Crippen molar-refractivity contribution in [1.82, 2.24) is 9.97 Å². The number of nitrogens with zero attached hydrogens (tertiary/aromatic N) is 2. The molecule has 0 aliphatic heterocycles. The fraction of sp³-hybridized carbons (Fsp3) is 0.0370. The minimum absolute atomic E-state index is 0.262. The normalized spacial score (nSPS) is 14.0. The molecular formula is C54H38N2. The van der Waals surface area contributed by atoms with Crippen LogP contribution in [0.3, 0.4) is 0 Å². The summed E-state index contributed by atoms with van der Waals surface area (Å²) in [6.45, 7) is 0. The Morgan fingerprint density at radius 1 is 0.375 bits per heavy atom. The quantitative estimate of drug-likeness (QED) is 0.154. The summed E-state index contributed by atoms with van der Waals surface area (Å²) in [5.74, 6) is 0.262. The van der Waals surface area contributed by atoms with Crippen LogP contribution in [0.15, 0.2) is 213 Å². The topological polar surface area (TPSA) is 25.8 Å². The van der Waals surface area contributed by atoms with E-state index in [9.17, 15) is 0 Å². The number of benzene rings is 7. The average Bonchev–Trinajstić information content (AvgIpc) is 3.29. The van der Waals surface area contributed by atoms with E-state index in [0.717, 1.165) is 28.9 Å². The lowest BCUT2D eigenvalue weighted by Crippen LogP contribution is -2.04. The van der Waals surface area contributed by atoms with Crippen LogP contribution >= 0.6 is 0 Å². The summed E-state index contributed by atoms with van der Waals surface area (Å²) in [5.41, 5.74) is 15.3. The lowest BCUT2D eigenvalue weighted by Gasteiger charge is -2.24. The monoisotopic (exact) mass is 714 g/mol. The van der Waals surface area contributed by atoms with Gasteiger partial charge in [0.15, 0.2) is 0 Å². The number of hydrogen-bond acceptors (Lipinski definition) is 2. The summed E-state index contributed by atoms with van der Waals surface area (Å²) in [5, 5.41) is 4.89. The molecule has 0 fully saturated rings. The fourth-order valence-electron chi connectivity index (χ4n) is 8.47. The van der Waals surface area contributed by atoms with Gasteiger partial charge in [-0.05, 0) is 121 Å². The van der Waals surface area contributed by atoms with Gasteiger partial charge in [-0.2, -0.15) is 0 Å². The van der Waals surface area contributed by atoms with Crippen molar-refractivity contribution in [3.8, 4) is 44.8 Å². The highest BCUT2D eigenvalue weighted by atomic mass is 14.7. The van der Waals surface area contributed by atoms with E-state index in [0.29, 0.717) is 0 Å². The molecule has 0 amide bonds. The maximum atomic E-state index is 4.72. The minimum Gasteiger partial charge on any atom is -0.256 e. The second-order valence-corrected chi connectivity index (χ2v) is 14.5. The van der Waals surface area contributed by atoms with E-state index in [1.54, 1.807) is 0 Å². The highest BCUT2D eigenvalue weighted by Gasteiger charge is 2.22. The van der Waals surface area contributed by atoms with Crippen LogP contribution in [-0.2, 0) is 0 Å². The molecule has 2 heterocycles. The molecule has 9 aromatic rings. The Kier molecular flexibility index (Phi) is 8.70. The van der Waals surface area contributed by atoms with E-state index in [2.05, 4.69) is 188 Å². The third-order valence-electron chi connectivity index (χ3n) is 11.1. The van der Waals surface area contributed by atoms with E-state index in [4.69, 9.17) is 9.97 Å². The molecular weight excluding hydrogens is 677 g/mol. The van der Waals surface area contributed by atoms with Gasteiger partial charge in [-0.3, -0.25) is 9.97 Å². The molecule has 10 rings (SSSR count). The van der Waals surface area contributed by atoms with E-state index >= 15 is 0 Å². The number of rotatable bonds is 7. The molecule has 2 nitrogen and oxygen atoms in total. The predicted octanol–water partition coefficient (Wildman–Crippen LogP) is 14.1. The molecule has 0 radical (unpaired) electrons. The summed E-state index contributed by atoms with van der Waals surface area (Å²) in [7, 11) is 0. The Balaban J connectivity index is 1.23. The van der Waals surface area contributed by atoms with E-state index < -0.39 is 0 Å². The molecule has 1 aliphatic rings. The molecule has 0 N–H and O–H groups in total. The summed E-state index contributed by atoms with van der Waals surface area (Å²) in [6.07, 6.45) is 9.51. The number of allylic oxidation sites excluding steroid dienone is 4. The van der Waals surface area contributed by atoms with Crippen LogP contribution in [0, 0.1) is 0 Å². The Bertz CT molecular complexity index is 2910. The zero-order valence-electron chi connectivity index (χ0n) is 30.9. The van der Waals surface area contributed by atoms with Crippen LogP contribution in [0.1, 0.15) is 29.0 Å². The highest BCUT2D eigenvalue weighted by Crippen LogP contribution is 2.47. The first kappa shape index (κ1) is 33.4. The van der Waals surface area contributed by atoms with Gasteiger partial charge in [0.05, 0.1) is 11.4 Å². The van der Waals surface area contributed by atoms with Gasteiger partial charge in [0, 0.05) is 29.4 Å². The lowest BCUT2D eigenvalue weighted by atomic mass is 9.80. The van der Waals surface area contributed by atoms with Crippen LogP contribution < -0.4 is 0 Å². The molecule has 264 valence electrons. The molecule has 0 spiro atoms. The molecule has 1 atom stereocenters. The van der Waals surface area contributed by atoms with Gasteiger partial charge in [-0.15, -0.1) is 0 Å². The van der Waals surface area contributed by atoms with Gasteiger partial charge >= 0.3 is 0 Å². The van der Waals surface area contributed by atoms with Crippen molar-refractivity contribution >= 4 is 32.7 Å². The van der Waals surface area contributed by atoms with Crippen molar-refractivity contribution in [2.24, 2.45) is 0 Å². The summed E-state index contributed by atoms with van der Waals surface area (Å²) in [4.78, 5) is 9.42. The third kappa shape index (κ3) is 6.32. The smallest absolute Gasteiger partial charge is 0.0702 e. The number of fused-ring (bicyclic) bond motifs is 2. The molecule has 0 saturated carbocycles. The molecule has 0 bridgehead atoms. The largest absolute Gasteiger partial charge is 0.256 e. The van der Waals surface area contributed by atoms with Gasteiger partial charge in [0.1, 0.15) is 0 Å². The minimum atomic E-state index is 0.262. The van der Waals surface area contributed by atoms with Gasteiger partial charge in [-0.1, -0.05) is 158 Å². The zero-order chi connectivity index (χ0) is 37.3. The number of pyridine rings is 2. The average molecular weight is 715 g/mol.